The Labute approximate surface area is 65.2 Å². The number of oxime groups is 2. The van der Waals surface area contributed by atoms with E-state index in [1.54, 1.807) is 0 Å². The van der Waals surface area contributed by atoms with Crippen LogP contribution < -0.4 is 0 Å². The Bertz CT molecular complexity index is 196. The Morgan fingerprint density at radius 3 is 1.91 bits per heavy atom. The maximum Gasteiger partial charge on any atom is 0.106 e. The molecule has 11 heavy (non-hydrogen) atoms. The van der Waals surface area contributed by atoms with Gasteiger partial charge in [0, 0.05) is 6.42 Å². The lowest BCUT2D eigenvalue weighted by atomic mass is 10.3. The molecule has 0 unspecified atom stereocenters. The minimum atomic E-state index is 0.682. The van der Waals surface area contributed by atoms with E-state index in [0.717, 1.165) is 11.4 Å². The standard InChI is InChI=1S/C7H10N2O2/c1-10-8-6-3-4-7(5-6)9-11-2/h3-4H,5H2,1-2H3/b8-6-,9-7-. The molecule has 0 saturated heterocycles. The second-order valence-corrected chi connectivity index (χ2v) is 2.04. The van der Waals surface area contributed by atoms with Crippen molar-refractivity contribution in [1.82, 2.24) is 0 Å². The van der Waals surface area contributed by atoms with Gasteiger partial charge in [0.15, 0.2) is 0 Å². The van der Waals surface area contributed by atoms with E-state index in [4.69, 9.17) is 0 Å². The van der Waals surface area contributed by atoms with Gasteiger partial charge in [-0.3, -0.25) is 0 Å². The van der Waals surface area contributed by atoms with Crippen LogP contribution in [0.4, 0.5) is 0 Å². The Kier molecular flexibility index (Phi) is 2.66. The number of hydrogen-bond donors (Lipinski definition) is 0. The Balaban J connectivity index is 2.56. The maximum atomic E-state index is 4.59. The molecule has 0 N–H and O–H groups in total. The molecular formula is C7H10N2O2. The van der Waals surface area contributed by atoms with Crippen LogP contribution in [0.3, 0.4) is 0 Å². The third-order valence-electron chi connectivity index (χ3n) is 1.25. The summed E-state index contributed by atoms with van der Waals surface area (Å²) < 4.78 is 0. The average Bonchev–Trinajstić information content (AvgIpc) is 2.38. The van der Waals surface area contributed by atoms with Gasteiger partial charge < -0.3 is 9.68 Å². The first kappa shape index (κ1) is 7.78. The summed E-state index contributed by atoms with van der Waals surface area (Å²) in [4.78, 5) is 9.19. The van der Waals surface area contributed by atoms with E-state index in [9.17, 15) is 0 Å². The van der Waals surface area contributed by atoms with E-state index >= 15 is 0 Å². The van der Waals surface area contributed by atoms with Crippen molar-refractivity contribution in [3.8, 4) is 0 Å². The Hall–Kier alpha value is -1.32. The summed E-state index contributed by atoms with van der Waals surface area (Å²) in [5.41, 5.74) is 1.73. The zero-order valence-electron chi connectivity index (χ0n) is 6.57. The van der Waals surface area contributed by atoms with E-state index in [2.05, 4.69) is 20.0 Å². The molecule has 0 saturated carbocycles. The maximum absolute atomic E-state index is 4.59. The molecule has 0 aromatic carbocycles. The fraction of sp³-hybridized carbons (Fsp3) is 0.429. The summed E-state index contributed by atoms with van der Waals surface area (Å²) in [6.07, 6.45) is 4.38. The Morgan fingerprint density at radius 2 is 1.55 bits per heavy atom. The van der Waals surface area contributed by atoms with Crippen molar-refractivity contribution in [1.29, 1.82) is 0 Å². The molecular weight excluding hydrogens is 144 g/mol. The van der Waals surface area contributed by atoms with Crippen molar-refractivity contribution in [3.05, 3.63) is 12.2 Å². The molecule has 0 atom stereocenters. The van der Waals surface area contributed by atoms with E-state index < -0.39 is 0 Å². The third-order valence-corrected chi connectivity index (χ3v) is 1.25. The quantitative estimate of drug-likeness (QED) is 0.556. The van der Waals surface area contributed by atoms with Crippen LogP contribution in [0.5, 0.6) is 0 Å². The topological polar surface area (TPSA) is 43.2 Å². The van der Waals surface area contributed by atoms with Crippen molar-refractivity contribution in [3.63, 3.8) is 0 Å². The zero-order chi connectivity index (χ0) is 8.10. The number of nitrogens with zero attached hydrogens (tertiary/aromatic N) is 2. The number of rotatable bonds is 2. The van der Waals surface area contributed by atoms with Gasteiger partial charge in [-0.1, -0.05) is 10.3 Å². The van der Waals surface area contributed by atoms with Crippen LogP contribution in [0.25, 0.3) is 0 Å². The highest BCUT2D eigenvalue weighted by atomic mass is 16.6. The molecule has 1 aliphatic rings. The van der Waals surface area contributed by atoms with Crippen molar-refractivity contribution in [2.75, 3.05) is 14.2 Å². The average molecular weight is 154 g/mol. The highest BCUT2D eigenvalue weighted by Gasteiger charge is 2.08. The van der Waals surface area contributed by atoms with Crippen LogP contribution in [0, 0.1) is 0 Å². The van der Waals surface area contributed by atoms with E-state index in [1.165, 1.54) is 14.2 Å². The van der Waals surface area contributed by atoms with Crippen LogP contribution in [-0.2, 0) is 9.68 Å². The number of hydrogen-bond acceptors (Lipinski definition) is 4. The van der Waals surface area contributed by atoms with Crippen molar-refractivity contribution in [2.24, 2.45) is 10.3 Å². The van der Waals surface area contributed by atoms with Crippen LogP contribution in [0.1, 0.15) is 6.42 Å². The zero-order valence-corrected chi connectivity index (χ0v) is 6.57. The van der Waals surface area contributed by atoms with Gasteiger partial charge in [0.25, 0.3) is 0 Å². The lowest BCUT2D eigenvalue weighted by molar-refractivity contribution is 0.211. The first-order chi connectivity index (χ1) is 5.36. The van der Waals surface area contributed by atoms with Gasteiger partial charge in [0.1, 0.15) is 14.2 Å². The third kappa shape index (κ3) is 2.07. The van der Waals surface area contributed by atoms with E-state index in [1.807, 2.05) is 12.2 Å². The molecule has 0 fully saturated rings. The molecule has 4 nitrogen and oxygen atoms in total. The highest BCUT2D eigenvalue weighted by Crippen LogP contribution is 2.04. The SMILES string of the molecule is CO/N=C1C=C/C(=N/OC)C/1. The van der Waals surface area contributed by atoms with Crippen LogP contribution in [0.15, 0.2) is 22.5 Å². The normalized spacial score (nSPS) is 23.1. The lowest BCUT2D eigenvalue weighted by Crippen LogP contribution is -1.95. The second-order valence-electron chi connectivity index (χ2n) is 2.04. The minimum Gasteiger partial charge on any atom is -0.399 e. The predicted octanol–water partition coefficient (Wildman–Crippen LogP) is 0.951. The van der Waals surface area contributed by atoms with Gasteiger partial charge >= 0.3 is 0 Å². The first-order valence-electron chi connectivity index (χ1n) is 3.25. The molecule has 1 rings (SSSR count). The van der Waals surface area contributed by atoms with Crippen molar-refractivity contribution < 1.29 is 9.68 Å². The van der Waals surface area contributed by atoms with E-state index in [0.29, 0.717) is 6.42 Å². The Morgan fingerprint density at radius 1 is 1.09 bits per heavy atom. The lowest BCUT2D eigenvalue weighted by Gasteiger charge is -1.91. The summed E-state index contributed by atoms with van der Waals surface area (Å²) in [6, 6.07) is 0. The molecule has 0 aromatic heterocycles. The molecule has 0 amide bonds. The smallest absolute Gasteiger partial charge is 0.106 e. The molecule has 0 heterocycles. The van der Waals surface area contributed by atoms with Gasteiger partial charge in [-0.25, -0.2) is 0 Å². The fourth-order valence-corrected chi connectivity index (χ4v) is 0.856. The van der Waals surface area contributed by atoms with Gasteiger partial charge in [0.05, 0.1) is 11.4 Å². The molecule has 4 heteroatoms. The van der Waals surface area contributed by atoms with Gasteiger partial charge in [-0.2, -0.15) is 0 Å². The predicted molar refractivity (Wildman–Crippen MR) is 42.6 cm³/mol. The molecule has 0 radical (unpaired) electrons. The highest BCUT2D eigenvalue weighted by molar-refractivity contribution is 6.20. The molecule has 0 spiro atoms. The second kappa shape index (κ2) is 3.75. The van der Waals surface area contributed by atoms with Gasteiger partial charge in [0.2, 0.25) is 0 Å². The molecule has 1 aliphatic carbocycles. The van der Waals surface area contributed by atoms with Crippen molar-refractivity contribution >= 4 is 11.4 Å². The first-order valence-corrected chi connectivity index (χ1v) is 3.25. The summed E-state index contributed by atoms with van der Waals surface area (Å²) in [5.74, 6) is 0. The summed E-state index contributed by atoms with van der Waals surface area (Å²) in [7, 11) is 3.04. The van der Waals surface area contributed by atoms with Crippen LogP contribution in [0.2, 0.25) is 0 Å². The fourth-order valence-electron chi connectivity index (χ4n) is 0.856. The van der Waals surface area contributed by atoms with Crippen LogP contribution in [-0.4, -0.2) is 25.6 Å². The largest absolute Gasteiger partial charge is 0.399 e. The van der Waals surface area contributed by atoms with Crippen molar-refractivity contribution in [2.45, 2.75) is 6.42 Å². The van der Waals surface area contributed by atoms with E-state index in [-0.39, 0.29) is 0 Å². The molecule has 0 bridgehead atoms. The summed E-state index contributed by atoms with van der Waals surface area (Å²) >= 11 is 0. The summed E-state index contributed by atoms with van der Waals surface area (Å²) in [5, 5.41) is 7.50. The molecule has 60 valence electrons. The molecule has 0 aliphatic heterocycles. The van der Waals surface area contributed by atoms with Gasteiger partial charge in [-0.15, -0.1) is 0 Å². The monoisotopic (exact) mass is 154 g/mol. The number of allylic oxidation sites excluding steroid dienone is 2. The van der Waals surface area contributed by atoms with Crippen LogP contribution >= 0.6 is 0 Å². The molecule has 0 aromatic rings. The summed E-state index contributed by atoms with van der Waals surface area (Å²) in [6.45, 7) is 0. The minimum absolute atomic E-state index is 0.682. The van der Waals surface area contributed by atoms with Gasteiger partial charge in [-0.05, 0) is 12.2 Å².